The van der Waals surface area contributed by atoms with Crippen LogP contribution in [0.15, 0.2) is 66.7 Å². The maximum absolute atomic E-state index is 12.9. The molecule has 1 N–H and O–H groups in total. The van der Waals surface area contributed by atoms with Crippen molar-refractivity contribution in [2.45, 2.75) is 32.6 Å². The number of rotatable bonds is 5. The molecule has 3 aromatic rings. The molecular formula is C30H29N3O2. The summed E-state index contributed by atoms with van der Waals surface area (Å²) in [6.07, 6.45) is 4.53. The van der Waals surface area contributed by atoms with E-state index in [0.29, 0.717) is 24.3 Å². The standard InChI is InChI=1S/C30H29N3O2/c1-5-22-16-21(3)28(23-9-7-6-8-10-23)33-26(22)15-20(2)18-32-29(34)24-11-12-27-25(17-24)30(4,19-31)13-14-35-27/h5-12,15-17H,2,13-14,18H2,1,3-4H3,(H,32,34)/b22-5-,26-15+/t30-/m0/s1. The summed E-state index contributed by atoms with van der Waals surface area (Å²) >= 11 is 0. The van der Waals surface area contributed by atoms with Crippen molar-refractivity contribution in [3.63, 3.8) is 0 Å². The van der Waals surface area contributed by atoms with E-state index in [1.54, 1.807) is 18.2 Å². The number of nitriles is 1. The minimum absolute atomic E-state index is 0.225. The maximum atomic E-state index is 12.9. The number of amides is 1. The summed E-state index contributed by atoms with van der Waals surface area (Å²) in [5.74, 6) is 0.440. The minimum atomic E-state index is -0.665. The Morgan fingerprint density at radius 3 is 2.74 bits per heavy atom. The number of hydrogen-bond acceptors (Lipinski definition) is 4. The average molecular weight is 464 g/mol. The third-order valence-electron chi connectivity index (χ3n) is 6.39. The van der Waals surface area contributed by atoms with Crippen LogP contribution < -0.4 is 20.6 Å². The van der Waals surface area contributed by atoms with Gasteiger partial charge in [0.05, 0.1) is 29.1 Å². The van der Waals surface area contributed by atoms with Gasteiger partial charge in [-0.2, -0.15) is 5.26 Å². The maximum Gasteiger partial charge on any atom is 0.251 e. The van der Waals surface area contributed by atoms with E-state index < -0.39 is 5.41 Å². The Morgan fingerprint density at radius 1 is 1.26 bits per heavy atom. The highest BCUT2D eigenvalue weighted by atomic mass is 16.5. The lowest BCUT2D eigenvalue weighted by atomic mass is 9.78. The molecule has 1 aliphatic heterocycles. The predicted molar refractivity (Wildman–Crippen MR) is 139 cm³/mol. The molecule has 1 aliphatic rings. The van der Waals surface area contributed by atoms with Gasteiger partial charge in [-0.15, -0.1) is 0 Å². The van der Waals surface area contributed by atoms with Crippen molar-refractivity contribution in [1.29, 1.82) is 5.26 Å². The molecule has 0 bridgehead atoms. The quantitative estimate of drug-likeness (QED) is 0.616. The minimum Gasteiger partial charge on any atom is -0.493 e. The largest absolute Gasteiger partial charge is 0.493 e. The Labute approximate surface area is 206 Å². The topological polar surface area (TPSA) is 75.0 Å². The van der Waals surface area contributed by atoms with Crippen LogP contribution in [-0.2, 0) is 5.41 Å². The highest BCUT2D eigenvalue weighted by Gasteiger charge is 2.34. The van der Waals surface area contributed by atoms with Crippen LogP contribution >= 0.6 is 0 Å². The van der Waals surface area contributed by atoms with E-state index in [1.165, 1.54) is 0 Å². The number of nitrogens with zero attached hydrogens (tertiary/aromatic N) is 2. The molecular weight excluding hydrogens is 434 g/mol. The molecule has 1 atom stereocenters. The van der Waals surface area contributed by atoms with Crippen molar-refractivity contribution in [3.05, 3.63) is 94.0 Å². The summed E-state index contributed by atoms with van der Waals surface area (Å²) in [6, 6.07) is 19.8. The molecule has 1 amide bonds. The highest BCUT2D eigenvalue weighted by molar-refractivity contribution is 5.95. The van der Waals surface area contributed by atoms with Crippen LogP contribution in [0, 0.1) is 18.3 Å². The van der Waals surface area contributed by atoms with Gasteiger partial charge in [0.2, 0.25) is 0 Å². The molecule has 0 fully saturated rings. The summed E-state index contributed by atoms with van der Waals surface area (Å²) in [6.45, 7) is 10.8. The first kappa shape index (κ1) is 24.0. The molecule has 1 aromatic heterocycles. The fourth-order valence-electron chi connectivity index (χ4n) is 4.27. The lowest BCUT2D eigenvalue weighted by Gasteiger charge is -2.30. The number of benzene rings is 2. The van der Waals surface area contributed by atoms with E-state index in [4.69, 9.17) is 9.72 Å². The Balaban J connectivity index is 1.55. The zero-order valence-corrected chi connectivity index (χ0v) is 20.4. The molecule has 0 aliphatic carbocycles. The molecule has 5 heteroatoms. The van der Waals surface area contributed by atoms with Crippen LogP contribution in [-0.4, -0.2) is 24.0 Å². The monoisotopic (exact) mass is 463 g/mol. The van der Waals surface area contributed by atoms with Gasteiger partial charge in [0, 0.05) is 29.7 Å². The molecule has 2 aromatic carbocycles. The van der Waals surface area contributed by atoms with Gasteiger partial charge in [-0.3, -0.25) is 4.79 Å². The van der Waals surface area contributed by atoms with Crippen molar-refractivity contribution in [1.82, 2.24) is 10.3 Å². The molecule has 35 heavy (non-hydrogen) atoms. The lowest BCUT2D eigenvalue weighted by Crippen LogP contribution is -2.31. The number of fused-ring (bicyclic) bond motifs is 1. The summed E-state index contributed by atoms with van der Waals surface area (Å²) in [4.78, 5) is 17.8. The first-order valence-electron chi connectivity index (χ1n) is 11.7. The third-order valence-corrected chi connectivity index (χ3v) is 6.39. The van der Waals surface area contributed by atoms with E-state index in [0.717, 1.165) is 38.5 Å². The van der Waals surface area contributed by atoms with Crippen LogP contribution in [0.1, 0.15) is 41.8 Å². The molecule has 0 saturated carbocycles. The normalized spacial score (nSPS) is 17.8. The zero-order valence-electron chi connectivity index (χ0n) is 20.4. The molecule has 0 radical (unpaired) electrons. The Hall–Kier alpha value is -4.17. The van der Waals surface area contributed by atoms with Crippen LogP contribution in [0.2, 0.25) is 0 Å². The van der Waals surface area contributed by atoms with Crippen molar-refractivity contribution in [3.8, 4) is 23.1 Å². The lowest BCUT2D eigenvalue weighted by molar-refractivity contribution is 0.0957. The van der Waals surface area contributed by atoms with E-state index in [1.807, 2.05) is 56.3 Å². The number of carbonyl (C=O) groups excluding carboxylic acids is 1. The van der Waals surface area contributed by atoms with Crippen molar-refractivity contribution in [2.75, 3.05) is 13.2 Å². The van der Waals surface area contributed by atoms with E-state index in [2.05, 4.69) is 31.0 Å². The molecule has 4 rings (SSSR count). The number of aryl methyl sites for hydroxylation is 1. The molecule has 0 unspecified atom stereocenters. The smallest absolute Gasteiger partial charge is 0.251 e. The average Bonchev–Trinajstić information content (AvgIpc) is 2.88. The van der Waals surface area contributed by atoms with Gasteiger partial charge >= 0.3 is 0 Å². The predicted octanol–water partition coefficient (Wildman–Crippen LogP) is 4.19. The summed E-state index contributed by atoms with van der Waals surface area (Å²) in [5, 5.41) is 14.4. The van der Waals surface area contributed by atoms with Gasteiger partial charge in [0.15, 0.2) is 0 Å². The first-order chi connectivity index (χ1) is 16.8. The van der Waals surface area contributed by atoms with E-state index >= 15 is 0 Å². The fourth-order valence-corrected chi connectivity index (χ4v) is 4.27. The SMILES string of the molecule is C=C(/C=c1/nc(-c2ccccc2)c(C)c/c1=C/C)CNC(=O)c1ccc2c(c1)[C@](C)(C#N)CCO2. The van der Waals surface area contributed by atoms with Crippen LogP contribution in [0.25, 0.3) is 23.4 Å². The van der Waals surface area contributed by atoms with Gasteiger partial charge in [-0.1, -0.05) is 43.0 Å². The van der Waals surface area contributed by atoms with Gasteiger partial charge in [-0.05, 0) is 67.5 Å². The Kier molecular flexibility index (Phi) is 6.84. The van der Waals surface area contributed by atoms with Crippen molar-refractivity contribution in [2.24, 2.45) is 0 Å². The molecule has 2 heterocycles. The van der Waals surface area contributed by atoms with Gasteiger partial charge in [0.1, 0.15) is 5.75 Å². The van der Waals surface area contributed by atoms with Crippen molar-refractivity contribution < 1.29 is 9.53 Å². The van der Waals surface area contributed by atoms with Gasteiger partial charge in [0.25, 0.3) is 5.91 Å². The number of carbonyl (C=O) groups is 1. The number of pyridine rings is 1. The number of ether oxygens (including phenoxy) is 1. The molecule has 0 spiro atoms. The third kappa shape index (κ3) is 5.02. The molecule has 5 nitrogen and oxygen atoms in total. The number of nitrogens with one attached hydrogen (secondary N) is 1. The van der Waals surface area contributed by atoms with Gasteiger partial charge in [-0.25, -0.2) is 4.98 Å². The van der Waals surface area contributed by atoms with E-state index in [9.17, 15) is 10.1 Å². The number of hydrogen-bond donors (Lipinski definition) is 1. The van der Waals surface area contributed by atoms with Gasteiger partial charge < -0.3 is 10.1 Å². The highest BCUT2D eigenvalue weighted by Crippen LogP contribution is 2.38. The second-order valence-corrected chi connectivity index (χ2v) is 9.02. The van der Waals surface area contributed by atoms with Crippen LogP contribution in [0.5, 0.6) is 5.75 Å². The summed E-state index contributed by atoms with van der Waals surface area (Å²) < 4.78 is 5.68. The van der Waals surface area contributed by atoms with E-state index in [-0.39, 0.29) is 12.5 Å². The number of aromatic nitrogens is 1. The summed E-state index contributed by atoms with van der Waals surface area (Å²) in [7, 11) is 0. The zero-order chi connectivity index (χ0) is 25.0. The van der Waals surface area contributed by atoms with Crippen LogP contribution in [0.3, 0.4) is 0 Å². The second-order valence-electron chi connectivity index (χ2n) is 9.02. The first-order valence-corrected chi connectivity index (χ1v) is 11.7. The summed E-state index contributed by atoms with van der Waals surface area (Å²) in [5.41, 5.74) is 4.40. The van der Waals surface area contributed by atoms with Crippen LogP contribution in [0.4, 0.5) is 0 Å². The second kappa shape index (κ2) is 9.99. The Bertz CT molecular complexity index is 1450. The Morgan fingerprint density at radius 2 is 2.03 bits per heavy atom. The fraction of sp³-hybridized carbons (Fsp3) is 0.233. The van der Waals surface area contributed by atoms with Crippen molar-refractivity contribution >= 4 is 18.1 Å². The molecule has 176 valence electrons. The molecule has 0 saturated heterocycles.